The fourth-order valence-corrected chi connectivity index (χ4v) is 0.176. The lowest BCUT2D eigenvalue weighted by Gasteiger charge is -2.03. The van der Waals surface area contributed by atoms with Gasteiger partial charge in [-0.05, 0) is 0 Å². The maximum Gasteiger partial charge on any atom is 0.355 e. The lowest BCUT2D eigenvalue weighted by Crippen LogP contribution is -2.09. The van der Waals surface area contributed by atoms with Crippen molar-refractivity contribution in [3.8, 4) is 0 Å². The number of halogens is 4. The quantitative estimate of drug-likeness (QED) is 0.335. The highest BCUT2D eigenvalue weighted by Gasteiger charge is 2.25. The Morgan fingerprint density at radius 1 is 0.800 bits per heavy atom. The Kier molecular flexibility index (Phi) is 2.34. The maximum absolute atomic E-state index is 11.7. The number of nitrogens with zero attached hydrogens (tertiary/aromatic N) is 2. The lowest BCUT2D eigenvalue weighted by atomic mass is 10.7. The first kappa shape index (κ1) is 9.32. The lowest BCUT2D eigenvalue weighted by molar-refractivity contribution is -0.0168. The molecule has 0 aromatic rings. The van der Waals surface area contributed by atoms with Crippen LogP contribution in [0, 0.1) is 0 Å². The van der Waals surface area contributed by atoms with E-state index in [1.165, 1.54) is 0 Å². The van der Waals surface area contributed by atoms with Gasteiger partial charge in [-0.1, -0.05) is 0 Å². The van der Waals surface area contributed by atoms with Crippen molar-refractivity contribution in [1.29, 1.82) is 0 Å². The largest absolute Gasteiger partial charge is 0.355 e. The highest BCUT2D eigenvalue weighted by atomic mass is 19.3. The first-order valence-corrected chi connectivity index (χ1v) is 2.40. The SMILES string of the molecule is CC(F)(F)/N=N/C(C)(F)F. The van der Waals surface area contributed by atoms with E-state index in [4.69, 9.17) is 0 Å². The second-order valence-electron chi connectivity index (χ2n) is 1.88. The molecule has 0 heterocycles. The monoisotopic (exact) mass is 158 g/mol. The van der Waals surface area contributed by atoms with Crippen molar-refractivity contribution in [2.45, 2.75) is 25.9 Å². The van der Waals surface area contributed by atoms with E-state index in [9.17, 15) is 17.6 Å². The van der Waals surface area contributed by atoms with Crippen molar-refractivity contribution < 1.29 is 17.6 Å². The molecular formula is C4H6F4N2. The van der Waals surface area contributed by atoms with E-state index in [1.54, 1.807) is 0 Å². The third kappa shape index (κ3) is 7.32. The standard InChI is InChI=1S/C4H6F4N2/c1-3(5,6)9-10-4(2,7)8/h1-2H3/b10-9+. The van der Waals surface area contributed by atoms with Gasteiger partial charge < -0.3 is 0 Å². The van der Waals surface area contributed by atoms with Gasteiger partial charge in [-0.2, -0.15) is 17.6 Å². The molecule has 0 amide bonds. The van der Waals surface area contributed by atoms with Crippen LogP contribution < -0.4 is 0 Å². The van der Waals surface area contributed by atoms with Gasteiger partial charge in [-0.25, -0.2) is 0 Å². The topological polar surface area (TPSA) is 24.7 Å². The average molecular weight is 158 g/mol. The van der Waals surface area contributed by atoms with Gasteiger partial charge in [0.1, 0.15) is 0 Å². The summed E-state index contributed by atoms with van der Waals surface area (Å²) in [5.41, 5.74) is 0. The van der Waals surface area contributed by atoms with Crippen molar-refractivity contribution in [2.75, 3.05) is 0 Å². The first-order chi connectivity index (χ1) is 4.21. The normalized spacial score (nSPS) is 14.6. The summed E-state index contributed by atoms with van der Waals surface area (Å²) in [6, 6.07) is -7.03. The Labute approximate surface area is 54.9 Å². The van der Waals surface area contributed by atoms with E-state index in [-0.39, 0.29) is 0 Å². The van der Waals surface area contributed by atoms with Gasteiger partial charge in [0.2, 0.25) is 0 Å². The zero-order valence-electron chi connectivity index (χ0n) is 5.41. The first-order valence-electron chi connectivity index (χ1n) is 2.40. The number of azo groups is 1. The molecule has 0 aliphatic rings. The van der Waals surface area contributed by atoms with Gasteiger partial charge in [0, 0.05) is 13.8 Å². The van der Waals surface area contributed by atoms with Crippen molar-refractivity contribution in [3.63, 3.8) is 0 Å². The smallest absolute Gasteiger partial charge is 0.180 e. The fourth-order valence-electron chi connectivity index (χ4n) is 0.176. The van der Waals surface area contributed by atoms with Crippen molar-refractivity contribution >= 4 is 0 Å². The summed E-state index contributed by atoms with van der Waals surface area (Å²) in [4.78, 5) is 0. The van der Waals surface area contributed by atoms with Gasteiger partial charge in [0.25, 0.3) is 0 Å². The molecule has 0 spiro atoms. The number of hydrogen-bond acceptors (Lipinski definition) is 2. The Bertz CT molecular complexity index is 115. The third-order valence-electron chi connectivity index (χ3n) is 0.401. The molecule has 2 nitrogen and oxygen atoms in total. The van der Waals surface area contributed by atoms with Crippen LogP contribution in [-0.4, -0.2) is 12.1 Å². The molecular weight excluding hydrogens is 152 g/mol. The molecule has 0 rings (SSSR count). The van der Waals surface area contributed by atoms with Crippen molar-refractivity contribution in [1.82, 2.24) is 0 Å². The summed E-state index contributed by atoms with van der Waals surface area (Å²) in [7, 11) is 0. The van der Waals surface area contributed by atoms with E-state index in [1.807, 2.05) is 0 Å². The molecule has 0 aromatic heterocycles. The molecule has 0 N–H and O–H groups in total. The van der Waals surface area contributed by atoms with Gasteiger partial charge >= 0.3 is 12.1 Å². The summed E-state index contributed by atoms with van der Waals surface area (Å²) >= 11 is 0. The summed E-state index contributed by atoms with van der Waals surface area (Å²) in [5, 5.41) is 4.14. The Morgan fingerprint density at radius 2 is 1.00 bits per heavy atom. The molecule has 0 aromatic carbocycles. The second kappa shape index (κ2) is 2.51. The van der Waals surface area contributed by atoms with Crippen LogP contribution in [0.3, 0.4) is 0 Å². The fraction of sp³-hybridized carbons (Fsp3) is 1.00. The van der Waals surface area contributed by atoms with E-state index >= 15 is 0 Å². The highest BCUT2D eigenvalue weighted by molar-refractivity contribution is 4.53. The molecule has 0 aliphatic heterocycles. The van der Waals surface area contributed by atoms with Gasteiger partial charge in [-0.3, -0.25) is 0 Å². The van der Waals surface area contributed by atoms with Crippen LogP contribution in [-0.2, 0) is 0 Å². The zero-order chi connectivity index (χ0) is 8.41. The van der Waals surface area contributed by atoms with Crippen LogP contribution in [0.4, 0.5) is 17.6 Å². The predicted molar refractivity (Wildman–Crippen MR) is 26.1 cm³/mol. The second-order valence-corrected chi connectivity index (χ2v) is 1.88. The molecule has 0 unspecified atom stereocenters. The van der Waals surface area contributed by atoms with Gasteiger partial charge in [0.05, 0.1) is 0 Å². The van der Waals surface area contributed by atoms with Crippen LogP contribution in [0.1, 0.15) is 13.8 Å². The van der Waals surface area contributed by atoms with Gasteiger partial charge in [-0.15, -0.1) is 10.2 Å². The molecule has 10 heavy (non-hydrogen) atoms. The van der Waals surface area contributed by atoms with E-state index in [2.05, 4.69) is 10.2 Å². The predicted octanol–water partition coefficient (Wildman–Crippen LogP) is 2.66. The summed E-state index contributed by atoms with van der Waals surface area (Å²) in [6.07, 6.45) is 0. The molecule has 0 aliphatic carbocycles. The number of hydrogen-bond donors (Lipinski definition) is 0. The average Bonchev–Trinajstić information content (AvgIpc) is 1.57. The number of rotatable bonds is 2. The minimum Gasteiger partial charge on any atom is -0.180 e. The highest BCUT2D eigenvalue weighted by Crippen LogP contribution is 2.19. The van der Waals surface area contributed by atoms with Crippen LogP contribution in [0.15, 0.2) is 10.2 Å². The molecule has 0 saturated heterocycles. The third-order valence-corrected chi connectivity index (χ3v) is 0.401. The van der Waals surface area contributed by atoms with E-state index in [0.29, 0.717) is 13.8 Å². The molecule has 6 heteroatoms. The van der Waals surface area contributed by atoms with Crippen LogP contribution in [0.2, 0.25) is 0 Å². The van der Waals surface area contributed by atoms with Crippen LogP contribution >= 0.6 is 0 Å². The van der Waals surface area contributed by atoms with Crippen molar-refractivity contribution in [3.05, 3.63) is 0 Å². The summed E-state index contributed by atoms with van der Waals surface area (Å²) < 4.78 is 46.6. The molecule has 60 valence electrons. The van der Waals surface area contributed by atoms with E-state index < -0.39 is 12.1 Å². The minimum atomic E-state index is -3.51. The zero-order valence-corrected chi connectivity index (χ0v) is 5.41. The van der Waals surface area contributed by atoms with E-state index in [0.717, 1.165) is 0 Å². The van der Waals surface area contributed by atoms with Crippen molar-refractivity contribution in [2.24, 2.45) is 10.2 Å². The maximum atomic E-state index is 11.7. The minimum absolute atomic E-state index is 0.377. The Balaban J connectivity index is 4.01. The molecule has 0 atom stereocenters. The number of alkyl halides is 4. The van der Waals surface area contributed by atoms with Crippen LogP contribution in [0.25, 0.3) is 0 Å². The van der Waals surface area contributed by atoms with Gasteiger partial charge in [0.15, 0.2) is 0 Å². The molecule has 0 bridgehead atoms. The molecule has 0 radical (unpaired) electrons. The van der Waals surface area contributed by atoms with Crippen LogP contribution in [0.5, 0.6) is 0 Å². The summed E-state index contributed by atoms with van der Waals surface area (Å²) in [6.45, 7) is 0.754. The molecule has 0 fully saturated rings. The Morgan fingerprint density at radius 3 is 1.10 bits per heavy atom. The summed E-state index contributed by atoms with van der Waals surface area (Å²) in [5.74, 6) is 0. The molecule has 0 saturated carbocycles. The Hall–Kier alpha value is -0.680.